The van der Waals surface area contributed by atoms with Crippen LogP contribution in [0.5, 0.6) is 5.75 Å². The Morgan fingerprint density at radius 3 is 2.24 bits per heavy atom. The van der Waals surface area contributed by atoms with E-state index in [1.165, 1.54) is 14.0 Å². The van der Waals surface area contributed by atoms with E-state index >= 15 is 0 Å². The summed E-state index contributed by atoms with van der Waals surface area (Å²) in [7, 11) is -2.98. The first kappa shape index (κ1) is 20.7. The quantitative estimate of drug-likeness (QED) is 0.719. The summed E-state index contributed by atoms with van der Waals surface area (Å²) in [5.74, 6) is -2.66. The molecule has 1 aromatic carbocycles. The van der Waals surface area contributed by atoms with Gasteiger partial charge >= 0.3 is 12.3 Å². The maximum atomic E-state index is 12.0. The largest absolute Gasteiger partial charge is 0.573 e. The molecule has 0 fully saturated rings. The fourth-order valence-electron chi connectivity index (χ4n) is 1.57. The summed E-state index contributed by atoms with van der Waals surface area (Å²) in [6.07, 6.45) is -4.91. The lowest BCUT2D eigenvalue weighted by Crippen LogP contribution is -2.45. The molecule has 0 bridgehead atoms. The number of carboxylic acid groups (broad SMARTS) is 1. The highest BCUT2D eigenvalue weighted by molar-refractivity contribution is 7.89. The number of halogens is 3. The predicted octanol–water partition coefficient (Wildman–Crippen LogP) is 0.795. The van der Waals surface area contributed by atoms with Gasteiger partial charge in [-0.15, -0.1) is 13.2 Å². The fraction of sp³-hybridized carbons (Fsp3) is 0.385. The number of ether oxygens (including phenoxy) is 1. The zero-order chi connectivity index (χ0) is 19.4. The Bertz CT molecular complexity index is 733. The first-order valence-electron chi connectivity index (χ1n) is 6.67. The van der Waals surface area contributed by atoms with E-state index in [1.54, 1.807) is 0 Å². The molecular formula is C13H15F3N2O6S. The summed E-state index contributed by atoms with van der Waals surface area (Å²) in [6.45, 7) is 0.533. The van der Waals surface area contributed by atoms with Crippen LogP contribution in [-0.4, -0.2) is 56.3 Å². The highest BCUT2D eigenvalue weighted by Gasteiger charge is 2.31. The number of carboxylic acids is 1. The van der Waals surface area contributed by atoms with Crippen LogP contribution in [0.3, 0.4) is 0 Å². The van der Waals surface area contributed by atoms with E-state index in [9.17, 15) is 31.2 Å². The van der Waals surface area contributed by atoms with Crippen LogP contribution in [0.2, 0.25) is 0 Å². The normalized spacial score (nSPS) is 13.2. The molecule has 0 aliphatic rings. The Hall–Kier alpha value is -2.34. The minimum absolute atomic E-state index is 0.385. The molecule has 0 radical (unpaired) electrons. The molecule has 0 saturated carbocycles. The van der Waals surface area contributed by atoms with Gasteiger partial charge in [0.1, 0.15) is 11.8 Å². The second-order valence-corrected chi connectivity index (χ2v) is 6.63. The van der Waals surface area contributed by atoms with Gasteiger partial charge in [0.05, 0.1) is 11.4 Å². The van der Waals surface area contributed by atoms with Gasteiger partial charge in [-0.2, -0.15) is 0 Å². The summed E-state index contributed by atoms with van der Waals surface area (Å²) in [4.78, 5) is 23.0. The van der Waals surface area contributed by atoms with E-state index < -0.39 is 46.6 Å². The van der Waals surface area contributed by atoms with Gasteiger partial charge in [-0.1, -0.05) is 0 Å². The van der Waals surface area contributed by atoms with Crippen molar-refractivity contribution in [2.75, 3.05) is 13.6 Å². The minimum Gasteiger partial charge on any atom is -0.480 e. The van der Waals surface area contributed by atoms with Crippen molar-refractivity contribution in [1.82, 2.24) is 9.62 Å². The number of rotatable bonds is 7. The second-order valence-electron chi connectivity index (χ2n) is 4.86. The number of hydrogen-bond donors (Lipinski definition) is 2. The van der Waals surface area contributed by atoms with Crippen molar-refractivity contribution in [2.24, 2.45) is 0 Å². The third-order valence-corrected chi connectivity index (χ3v) is 4.53. The van der Waals surface area contributed by atoms with Crippen LogP contribution < -0.4 is 9.46 Å². The summed E-state index contributed by atoms with van der Waals surface area (Å²) in [5.41, 5.74) is 0. The highest BCUT2D eigenvalue weighted by atomic mass is 32.2. The number of benzene rings is 1. The van der Waals surface area contributed by atoms with Gasteiger partial charge in [-0.05, 0) is 31.2 Å². The molecule has 1 unspecified atom stereocenters. The average molecular weight is 384 g/mol. The maximum absolute atomic E-state index is 12.0. The standard InChI is InChI=1S/C13H15F3N2O6S/c1-8(12(20)21)18(2)11(19)7-17-25(22,23)10-5-3-9(4-6-10)24-13(14,15)16/h3-6,8,17H,7H2,1-2H3,(H,20,21). The number of nitrogens with zero attached hydrogens (tertiary/aromatic N) is 1. The molecule has 0 aliphatic heterocycles. The monoisotopic (exact) mass is 384 g/mol. The molecule has 0 heterocycles. The molecule has 0 aliphatic carbocycles. The maximum Gasteiger partial charge on any atom is 0.573 e. The van der Waals surface area contributed by atoms with Crippen molar-refractivity contribution in [2.45, 2.75) is 24.2 Å². The van der Waals surface area contributed by atoms with Crippen molar-refractivity contribution in [3.05, 3.63) is 24.3 Å². The van der Waals surface area contributed by atoms with Gasteiger partial charge in [-0.3, -0.25) is 4.79 Å². The number of hydrogen-bond acceptors (Lipinski definition) is 5. The van der Waals surface area contributed by atoms with Crippen molar-refractivity contribution in [1.29, 1.82) is 0 Å². The van der Waals surface area contributed by atoms with Crippen LogP contribution in [0, 0.1) is 0 Å². The molecule has 2 N–H and O–H groups in total. The average Bonchev–Trinajstić information content (AvgIpc) is 2.50. The molecule has 8 nitrogen and oxygen atoms in total. The molecule has 1 amide bonds. The number of carbonyl (C=O) groups excluding carboxylic acids is 1. The van der Waals surface area contributed by atoms with Crippen molar-refractivity contribution >= 4 is 21.9 Å². The zero-order valence-electron chi connectivity index (χ0n) is 13.1. The van der Waals surface area contributed by atoms with E-state index in [0.29, 0.717) is 0 Å². The number of likely N-dealkylation sites (N-methyl/N-ethyl adjacent to an activating group) is 1. The number of nitrogens with one attached hydrogen (secondary N) is 1. The first-order chi connectivity index (χ1) is 11.3. The molecule has 0 saturated heterocycles. The molecule has 1 rings (SSSR count). The van der Waals surface area contributed by atoms with E-state index in [2.05, 4.69) is 4.74 Å². The van der Waals surface area contributed by atoms with Crippen LogP contribution in [0.1, 0.15) is 6.92 Å². The molecular weight excluding hydrogens is 369 g/mol. The number of aliphatic carboxylic acids is 1. The van der Waals surface area contributed by atoms with E-state index in [4.69, 9.17) is 5.11 Å². The van der Waals surface area contributed by atoms with Crippen molar-refractivity contribution in [3.8, 4) is 5.75 Å². The van der Waals surface area contributed by atoms with E-state index in [-0.39, 0.29) is 4.90 Å². The minimum atomic E-state index is -4.91. The Kier molecular flexibility index (Phi) is 6.37. The van der Waals surface area contributed by atoms with Crippen molar-refractivity contribution < 1.29 is 41.0 Å². The van der Waals surface area contributed by atoms with Gasteiger partial charge in [0.25, 0.3) is 0 Å². The lowest BCUT2D eigenvalue weighted by molar-refractivity contribution is -0.274. The molecule has 140 valence electrons. The number of carbonyl (C=O) groups is 2. The molecule has 12 heteroatoms. The Morgan fingerprint density at radius 1 is 1.28 bits per heavy atom. The Labute approximate surface area is 141 Å². The lowest BCUT2D eigenvalue weighted by atomic mass is 10.3. The first-order valence-corrected chi connectivity index (χ1v) is 8.16. The molecule has 0 spiro atoms. The van der Waals surface area contributed by atoms with Gasteiger partial charge in [-0.25, -0.2) is 17.9 Å². The lowest BCUT2D eigenvalue weighted by Gasteiger charge is -2.21. The second kappa shape index (κ2) is 7.70. The topological polar surface area (TPSA) is 113 Å². The smallest absolute Gasteiger partial charge is 0.480 e. The third-order valence-electron chi connectivity index (χ3n) is 3.11. The number of sulfonamides is 1. The molecule has 25 heavy (non-hydrogen) atoms. The van der Waals surface area contributed by atoms with Crippen LogP contribution in [0.4, 0.5) is 13.2 Å². The van der Waals surface area contributed by atoms with E-state index in [0.717, 1.165) is 29.2 Å². The van der Waals surface area contributed by atoms with Crippen LogP contribution in [-0.2, 0) is 19.6 Å². The summed E-state index contributed by atoms with van der Waals surface area (Å²) in [6, 6.07) is 2.20. The van der Waals surface area contributed by atoms with Crippen LogP contribution in [0.15, 0.2) is 29.2 Å². The van der Waals surface area contributed by atoms with Gasteiger partial charge in [0.15, 0.2) is 0 Å². The summed E-state index contributed by atoms with van der Waals surface area (Å²) in [5, 5.41) is 8.79. The van der Waals surface area contributed by atoms with E-state index in [1.807, 2.05) is 4.72 Å². The molecule has 0 aromatic heterocycles. The van der Waals surface area contributed by atoms with Crippen LogP contribution >= 0.6 is 0 Å². The fourth-order valence-corrected chi connectivity index (χ4v) is 2.54. The summed E-state index contributed by atoms with van der Waals surface area (Å²) < 4.78 is 65.7. The zero-order valence-corrected chi connectivity index (χ0v) is 13.9. The molecule has 1 aromatic rings. The van der Waals surface area contributed by atoms with Gasteiger partial charge < -0.3 is 14.7 Å². The van der Waals surface area contributed by atoms with Crippen LogP contribution in [0.25, 0.3) is 0 Å². The Balaban J connectivity index is 2.75. The molecule has 1 atom stereocenters. The van der Waals surface area contributed by atoms with Gasteiger partial charge in [0, 0.05) is 7.05 Å². The number of amides is 1. The Morgan fingerprint density at radius 2 is 1.80 bits per heavy atom. The third kappa shape index (κ3) is 6.23. The number of alkyl halides is 3. The summed E-state index contributed by atoms with van der Waals surface area (Å²) >= 11 is 0. The SMILES string of the molecule is CC(C(=O)O)N(C)C(=O)CNS(=O)(=O)c1ccc(OC(F)(F)F)cc1. The highest BCUT2D eigenvalue weighted by Crippen LogP contribution is 2.23. The predicted molar refractivity (Wildman–Crippen MR) is 78.2 cm³/mol. The van der Waals surface area contributed by atoms with Gasteiger partial charge in [0.2, 0.25) is 15.9 Å². The van der Waals surface area contributed by atoms with Crippen molar-refractivity contribution in [3.63, 3.8) is 0 Å².